The summed E-state index contributed by atoms with van der Waals surface area (Å²) in [7, 11) is 0. The predicted octanol–water partition coefficient (Wildman–Crippen LogP) is 1.76. The Morgan fingerprint density at radius 3 is 2.14 bits per heavy atom. The van der Waals surface area contributed by atoms with E-state index in [1.165, 1.54) is 11.9 Å². The maximum Gasteiger partial charge on any atom is 0.292 e. The standard InChI is InChI=1S/C45H57N15O5/c46-25-32-26-49-45(50-27-32)58-15-13-57(14-16-58)38(61)6-19-63-21-17-55-9-11-56(12-10-55)18-22-64-20-7-39(62)59-8-5-33-23-31(1-2-35(33)29-59)28-60-43-40(42(47)51-30-52-43)41(54-60)34-3-4-37-36(24-34)53-44(48)65-37/h1-4,23-24,26-27,30H,5-22,25,28-29,46H2,(H2,48,53)(H2,47,51,52). The van der Waals surface area contributed by atoms with Crippen LogP contribution in [0.4, 0.5) is 17.8 Å². The van der Waals surface area contributed by atoms with Crippen molar-refractivity contribution in [3.05, 3.63) is 77.4 Å². The molecule has 9 rings (SSSR count). The van der Waals surface area contributed by atoms with Gasteiger partial charge in [0.1, 0.15) is 23.4 Å². The Bertz CT molecular complexity index is 2580. The smallest absolute Gasteiger partial charge is 0.292 e. The minimum atomic E-state index is 0.103. The van der Waals surface area contributed by atoms with Crippen molar-refractivity contribution >= 4 is 51.7 Å². The number of ether oxygens (including phenoxy) is 2. The fourth-order valence-corrected chi connectivity index (χ4v) is 8.76. The molecule has 2 aromatic carbocycles. The normalized spacial score (nSPS) is 16.2. The van der Waals surface area contributed by atoms with Crippen molar-refractivity contribution in [2.75, 3.05) is 115 Å². The molecule has 0 aliphatic carbocycles. The summed E-state index contributed by atoms with van der Waals surface area (Å²) in [5, 5.41) is 5.61. The third kappa shape index (κ3) is 10.5. The molecule has 0 atom stereocenters. The molecule has 3 aliphatic rings. The molecule has 20 nitrogen and oxygen atoms in total. The van der Waals surface area contributed by atoms with E-state index in [4.69, 9.17) is 36.2 Å². The Kier molecular flexibility index (Phi) is 13.7. The first kappa shape index (κ1) is 43.9. The average molecular weight is 888 g/mol. The molecular formula is C45H57N15O5. The summed E-state index contributed by atoms with van der Waals surface area (Å²) in [5.74, 6) is 1.26. The van der Waals surface area contributed by atoms with Gasteiger partial charge < -0.3 is 45.8 Å². The Morgan fingerprint density at radius 2 is 1.43 bits per heavy atom. The van der Waals surface area contributed by atoms with Crippen LogP contribution < -0.4 is 22.1 Å². The van der Waals surface area contributed by atoms with Crippen molar-refractivity contribution in [1.82, 2.24) is 54.3 Å². The van der Waals surface area contributed by atoms with Crippen LogP contribution in [0.2, 0.25) is 0 Å². The van der Waals surface area contributed by atoms with Gasteiger partial charge in [-0.25, -0.2) is 24.6 Å². The van der Waals surface area contributed by atoms with Crippen LogP contribution in [0.5, 0.6) is 0 Å². The molecule has 0 bridgehead atoms. The van der Waals surface area contributed by atoms with Gasteiger partial charge in [-0.3, -0.25) is 19.4 Å². The van der Waals surface area contributed by atoms with Gasteiger partial charge in [-0.05, 0) is 41.3 Å². The van der Waals surface area contributed by atoms with Gasteiger partial charge >= 0.3 is 0 Å². The Hall–Kier alpha value is -6.32. The van der Waals surface area contributed by atoms with E-state index in [0.29, 0.717) is 131 Å². The fourth-order valence-electron chi connectivity index (χ4n) is 8.76. The van der Waals surface area contributed by atoms with Gasteiger partial charge in [0, 0.05) is 109 Å². The minimum absolute atomic E-state index is 0.103. The number of aromatic nitrogens is 7. The lowest BCUT2D eigenvalue weighted by atomic mass is 9.97. The number of carbonyl (C=O) groups is 2. The number of hydrogen-bond acceptors (Lipinski definition) is 17. The van der Waals surface area contributed by atoms with E-state index in [1.54, 1.807) is 12.4 Å². The highest BCUT2D eigenvalue weighted by Gasteiger charge is 2.25. The van der Waals surface area contributed by atoms with E-state index in [1.807, 2.05) is 32.7 Å². The van der Waals surface area contributed by atoms with Gasteiger partial charge in [-0.1, -0.05) is 18.2 Å². The third-order valence-corrected chi connectivity index (χ3v) is 12.5. The maximum absolute atomic E-state index is 13.2. The molecule has 0 spiro atoms. The molecule has 4 aromatic heterocycles. The maximum atomic E-state index is 13.2. The van der Waals surface area contributed by atoms with Crippen molar-refractivity contribution in [2.24, 2.45) is 5.73 Å². The number of rotatable bonds is 17. The average Bonchev–Trinajstić information content (AvgIpc) is 3.91. The molecule has 20 heteroatoms. The summed E-state index contributed by atoms with van der Waals surface area (Å²) in [5.41, 5.74) is 25.4. The number of anilines is 3. The largest absolute Gasteiger partial charge is 0.424 e. The molecule has 2 fully saturated rings. The van der Waals surface area contributed by atoms with Crippen LogP contribution in [0.3, 0.4) is 0 Å². The number of oxazole rings is 1. The summed E-state index contributed by atoms with van der Waals surface area (Å²) in [6.07, 6.45) is 6.49. The van der Waals surface area contributed by atoms with Crippen LogP contribution in [-0.2, 0) is 45.1 Å². The highest BCUT2D eigenvalue weighted by Crippen LogP contribution is 2.33. The summed E-state index contributed by atoms with van der Waals surface area (Å²) in [4.78, 5) is 58.6. The Balaban J connectivity index is 0.642. The highest BCUT2D eigenvalue weighted by molar-refractivity contribution is 5.99. The number of nitrogen functional groups attached to an aromatic ring is 2. The highest BCUT2D eigenvalue weighted by atomic mass is 16.5. The van der Waals surface area contributed by atoms with Crippen LogP contribution in [0, 0.1) is 0 Å². The van der Waals surface area contributed by atoms with Crippen LogP contribution in [0.1, 0.15) is 35.1 Å². The van der Waals surface area contributed by atoms with E-state index >= 15 is 0 Å². The topological polar surface area (TPSA) is 242 Å². The summed E-state index contributed by atoms with van der Waals surface area (Å²) in [6.45, 7) is 12.4. The second-order valence-electron chi connectivity index (χ2n) is 16.7. The van der Waals surface area contributed by atoms with Crippen LogP contribution in [0.25, 0.3) is 33.4 Å². The number of amides is 2. The fraction of sp³-hybridized carbons (Fsp3) is 0.467. The van der Waals surface area contributed by atoms with Crippen molar-refractivity contribution in [3.63, 3.8) is 0 Å². The first-order chi connectivity index (χ1) is 31.8. The molecule has 0 radical (unpaired) electrons. The molecule has 6 N–H and O–H groups in total. The van der Waals surface area contributed by atoms with Gasteiger partial charge in [0.05, 0.1) is 51.2 Å². The van der Waals surface area contributed by atoms with E-state index in [-0.39, 0.29) is 17.8 Å². The first-order valence-corrected chi connectivity index (χ1v) is 22.4. The third-order valence-electron chi connectivity index (χ3n) is 12.5. The minimum Gasteiger partial charge on any atom is -0.424 e. The number of nitrogens with zero attached hydrogens (tertiary/aromatic N) is 12. The SMILES string of the molecule is NCc1cnc(N2CCN(C(=O)CCOCCN3CCN(CCOCCC(=O)N4CCc5cc(Cn6nc(-c7ccc8oc(N)nc8c7)c7c(N)ncnc76)ccc5C4)CC3)CC2)nc1. The Labute approximate surface area is 376 Å². The lowest BCUT2D eigenvalue weighted by Gasteiger charge is -2.35. The second-order valence-corrected chi connectivity index (χ2v) is 16.7. The van der Waals surface area contributed by atoms with Crippen molar-refractivity contribution in [3.8, 4) is 11.3 Å². The predicted molar refractivity (Wildman–Crippen MR) is 244 cm³/mol. The Morgan fingerprint density at radius 1 is 0.723 bits per heavy atom. The van der Waals surface area contributed by atoms with Gasteiger partial charge in [-0.15, -0.1) is 0 Å². The van der Waals surface area contributed by atoms with E-state index in [9.17, 15) is 9.59 Å². The number of fused-ring (bicyclic) bond motifs is 3. The van der Waals surface area contributed by atoms with Gasteiger partial charge in [0.15, 0.2) is 11.2 Å². The monoisotopic (exact) mass is 887 g/mol. The zero-order valence-electron chi connectivity index (χ0n) is 36.7. The molecule has 6 aromatic rings. The van der Waals surface area contributed by atoms with Crippen molar-refractivity contribution in [1.29, 1.82) is 0 Å². The molecule has 0 unspecified atom stereocenters. The summed E-state index contributed by atoms with van der Waals surface area (Å²) >= 11 is 0. The van der Waals surface area contributed by atoms with Crippen LogP contribution >= 0.6 is 0 Å². The molecular weight excluding hydrogens is 831 g/mol. The van der Waals surface area contributed by atoms with E-state index < -0.39 is 0 Å². The number of nitrogens with two attached hydrogens (primary N) is 3. The number of piperazine rings is 2. The zero-order chi connectivity index (χ0) is 44.7. The van der Waals surface area contributed by atoms with E-state index in [2.05, 4.69) is 57.8 Å². The number of benzene rings is 2. The molecule has 342 valence electrons. The van der Waals surface area contributed by atoms with Crippen LogP contribution in [-0.4, -0.2) is 165 Å². The first-order valence-electron chi connectivity index (χ1n) is 22.4. The van der Waals surface area contributed by atoms with Gasteiger partial charge in [0.2, 0.25) is 17.8 Å². The molecule has 3 aliphatic heterocycles. The number of carbonyl (C=O) groups excluding carboxylic acids is 2. The molecule has 2 amide bonds. The number of hydrogen-bond donors (Lipinski definition) is 3. The van der Waals surface area contributed by atoms with Gasteiger partial charge in [-0.2, -0.15) is 10.1 Å². The summed E-state index contributed by atoms with van der Waals surface area (Å²) in [6, 6.07) is 12.1. The van der Waals surface area contributed by atoms with Gasteiger partial charge in [0.25, 0.3) is 6.01 Å². The lowest BCUT2D eigenvalue weighted by molar-refractivity contribution is -0.133. The second kappa shape index (κ2) is 20.2. The molecule has 0 saturated carbocycles. The molecule has 2 saturated heterocycles. The lowest BCUT2D eigenvalue weighted by Crippen LogP contribution is -2.49. The molecule has 7 heterocycles. The van der Waals surface area contributed by atoms with Crippen molar-refractivity contribution < 1.29 is 23.5 Å². The zero-order valence-corrected chi connectivity index (χ0v) is 36.7. The molecule has 65 heavy (non-hydrogen) atoms. The van der Waals surface area contributed by atoms with E-state index in [0.717, 1.165) is 67.9 Å². The van der Waals surface area contributed by atoms with Crippen LogP contribution in [0.15, 0.2) is 59.5 Å². The quantitative estimate of drug-likeness (QED) is 0.111. The summed E-state index contributed by atoms with van der Waals surface area (Å²) < 4.78 is 19.1. The van der Waals surface area contributed by atoms with Crippen molar-refractivity contribution in [2.45, 2.75) is 38.9 Å².